The summed E-state index contributed by atoms with van der Waals surface area (Å²) >= 11 is 1.65. The number of nitrogens with one attached hydrogen (secondary N) is 1. The molecule has 1 unspecified atom stereocenters. The summed E-state index contributed by atoms with van der Waals surface area (Å²) in [6.45, 7) is 2.04. The predicted molar refractivity (Wildman–Crippen MR) is 78.6 cm³/mol. The molecule has 0 aliphatic carbocycles. The van der Waals surface area contributed by atoms with Crippen molar-refractivity contribution in [3.8, 4) is 0 Å². The number of rotatable bonds is 4. The van der Waals surface area contributed by atoms with Crippen LogP contribution >= 0.6 is 11.3 Å². The molecule has 1 aromatic heterocycles. The first-order valence-corrected chi connectivity index (χ1v) is 6.79. The number of nitrogens with two attached hydrogens (primary N) is 1. The molecule has 0 fully saturated rings. The Morgan fingerprint density at radius 2 is 2.11 bits per heavy atom. The lowest BCUT2D eigenvalue weighted by Crippen LogP contribution is -2.25. The van der Waals surface area contributed by atoms with Crippen molar-refractivity contribution >= 4 is 22.9 Å². The third-order valence-electron chi connectivity index (χ3n) is 3.18. The third-order valence-corrected chi connectivity index (χ3v) is 4.22. The van der Waals surface area contributed by atoms with Crippen molar-refractivity contribution in [2.45, 2.75) is 13.0 Å². The topological polar surface area (TPSA) is 53.1 Å². The number of halogens is 1. The second-order valence-electron chi connectivity index (χ2n) is 4.35. The SMILES string of the molecule is CC(c1cccs1)N(C)c1cccc(F)c1C(=N)N. The minimum absolute atomic E-state index is 0.0971. The van der Waals surface area contributed by atoms with E-state index in [-0.39, 0.29) is 17.4 Å². The lowest BCUT2D eigenvalue weighted by atomic mass is 10.1. The molecule has 0 aliphatic heterocycles. The number of nitrogen functional groups attached to an aromatic ring is 1. The molecule has 1 heterocycles. The Kier molecular flexibility index (Phi) is 3.85. The highest BCUT2D eigenvalue weighted by Gasteiger charge is 2.19. The highest BCUT2D eigenvalue weighted by molar-refractivity contribution is 7.10. The standard InChI is InChI=1S/C14H16FN3S/c1-9(12-7-4-8-19-12)18(2)11-6-3-5-10(15)13(11)14(16)17/h3-9H,1-2H3,(H3,16,17). The van der Waals surface area contributed by atoms with Gasteiger partial charge in [-0.15, -0.1) is 11.3 Å². The molecule has 0 radical (unpaired) electrons. The van der Waals surface area contributed by atoms with Gasteiger partial charge in [-0.05, 0) is 30.5 Å². The Morgan fingerprint density at radius 1 is 1.37 bits per heavy atom. The summed E-state index contributed by atoms with van der Waals surface area (Å²) < 4.78 is 13.8. The van der Waals surface area contributed by atoms with Gasteiger partial charge in [0.05, 0.1) is 17.3 Å². The fraction of sp³-hybridized carbons (Fsp3) is 0.214. The van der Waals surface area contributed by atoms with Crippen molar-refractivity contribution in [2.75, 3.05) is 11.9 Å². The summed E-state index contributed by atoms with van der Waals surface area (Å²) in [5, 5.41) is 9.55. The van der Waals surface area contributed by atoms with Gasteiger partial charge in [-0.25, -0.2) is 4.39 Å². The van der Waals surface area contributed by atoms with Gasteiger partial charge >= 0.3 is 0 Å². The molecule has 0 saturated heterocycles. The van der Waals surface area contributed by atoms with Crippen molar-refractivity contribution < 1.29 is 4.39 Å². The third kappa shape index (κ3) is 2.61. The van der Waals surface area contributed by atoms with E-state index in [1.54, 1.807) is 23.5 Å². The van der Waals surface area contributed by atoms with Crippen LogP contribution in [0.15, 0.2) is 35.7 Å². The fourth-order valence-electron chi connectivity index (χ4n) is 2.00. The molecule has 2 aromatic rings. The van der Waals surface area contributed by atoms with Gasteiger partial charge in [0.15, 0.2) is 0 Å². The molecule has 0 aliphatic rings. The lowest BCUT2D eigenvalue weighted by molar-refractivity contribution is 0.622. The maximum atomic E-state index is 13.8. The van der Waals surface area contributed by atoms with Crippen LogP contribution in [0.1, 0.15) is 23.4 Å². The van der Waals surface area contributed by atoms with Crippen LogP contribution in [0, 0.1) is 11.2 Å². The average molecular weight is 277 g/mol. The zero-order chi connectivity index (χ0) is 14.0. The maximum Gasteiger partial charge on any atom is 0.136 e. The van der Waals surface area contributed by atoms with E-state index in [2.05, 4.69) is 0 Å². The van der Waals surface area contributed by atoms with Crippen LogP contribution in [-0.2, 0) is 0 Å². The number of anilines is 1. The highest BCUT2D eigenvalue weighted by atomic mass is 32.1. The molecular weight excluding hydrogens is 261 g/mol. The van der Waals surface area contributed by atoms with Crippen molar-refractivity contribution in [2.24, 2.45) is 5.73 Å². The Labute approximate surface area is 116 Å². The van der Waals surface area contributed by atoms with Gasteiger partial charge in [0.25, 0.3) is 0 Å². The van der Waals surface area contributed by atoms with Crippen LogP contribution in [0.2, 0.25) is 0 Å². The monoisotopic (exact) mass is 277 g/mol. The average Bonchev–Trinajstić information content (AvgIpc) is 2.90. The molecule has 1 atom stereocenters. The zero-order valence-corrected chi connectivity index (χ0v) is 11.7. The van der Waals surface area contributed by atoms with Crippen LogP contribution in [0.5, 0.6) is 0 Å². The van der Waals surface area contributed by atoms with Gasteiger partial charge in [0.2, 0.25) is 0 Å². The smallest absolute Gasteiger partial charge is 0.136 e. The number of amidine groups is 1. The predicted octanol–water partition coefficient (Wildman–Crippen LogP) is 3.37. The molecule has 2 rings (SSSR count). The van der Waals surface area contributed by atoms with E-state index in [0.29, 0.717) is 5.69 Å². The van der Waals surface area contributed by atoms with Crippen LogP contribution < -0.4 is 10.6 Å². The summed E-state index contributed by atoms with van der Waals surface area (Å²) in [6, 6.07) is 8.86. The van der Waals surface area contributed by atoms with Crippen LogP contribution in [-0.4, -0.2) is 12.9 Å². The Balaban J connectivity index is 2.42. The van der Waals surface area contributed by atoms with Crippen LogP contribution in [0.25, 0.3) is 0 Å². The van der Waals surface area contributed by atoms with Crippen LogP contribution in [0.4, 0.5) is 10.1 Å². The van der Waals surface area contributed by atoms with Crippen LogP contribution in [0.3, 0.4) is 0 Å². The normalized spacial score (nSPS) is 12.2. The second kappa shape index (κ2) is 5.40. The minimum atomic E-state index is -0.463. The second-order valence-corrected chi connectivity index (χ2v) is 5.33. The lowest BCUT2D eigenvalue weighted by Gasteiger charge is -2.28. The summed E-state index contributed by atoms with van der Waals surface area (Å²) in [7, 11) is 1.88. The molecule has 0 spiro atoms. The van der Waals surface area contributed by atoms with E-state index in [1.165, 1.54) is 10.9 Å². The van der Waals surface area contributed by atoms with Gasteiger partial charge < -0.3 is 10.6 Å². The minimum Gasteiger partial charge on any atom is -0.384 e. The van der Waals surface area contributed by atoms with Crippen molar-refractivity contribution in [1.29, 1.82) is 5.41 Å². The number of benzene rings is 1. The Morgan fingerprint density at radius 3 is 2.68 bits per heavy atom. The van der Waals surface area contributed by atoms with Crippen molar-refractivity contribution in [1.82, 2.24) is 0 Å². The summed E-state index contributed by atoms with van der Waals surface area (Å²) in [4.78, 5) is 3.12. The molecule has 19 heavy (non-hydrogen) atoms. The van der Waals surface area contributed by atoms with Gasteiger partial charge in [0.1, 0.15) is 11.7 Å². The Hall–Kier alpha value is -1.88. The molecule has 0 saturated carbocycles. The number of thiophene rings is 1. The fourth-order valence-corrected chi connectivity index (χ4v) is 2.83. The number of nitrogens with zero attached hydrogens (tertiary/aromatic N) is 1. The Bertz CT molecular complexity index is 580. The van der Waals surface area contributed by atoms with E-state index in [1.807, 2.05) is 36.4 Å². The summed E-state index contributed by atoms with van der Waals surface area (Å²) in [5.74, 6) is -0.714. The first kappa shape index (κ1) is 13.5. The number of hydrogen-bond donors (Lipinski definition) is 2. The highest BCUT2D eigenvalue weighted by Crippen LogP contribution is 2.31. The van der Waals surface area contributed by atoms with E-state index in [0.717, 1.165) is 0 Å². The van der Waals surface area contributed by atoms with Crippen molar-refractivity contribution in [3.63, 3.8) is 0 Å². The molecule has 0 amide bonds. The number of hydrogen-bond acceptors (Lipinski definition) is 3. The molecule has 3 N–H and O–H groups in total. The van der Waals surface area contributed by atoms with Gasteiger partial charge in [-0.2, -0.15) is 0 Å². The first-order valence-electron chi connectivity index (χ1n) is 5.91. The molecule has 0 bridgehead atoms. The van der Waals surface area contributed by atoms with E-state index >= 15 is 0 Å². The maximum absolute atomic E-state index is 13.8. The zero-order valence-electron chi connectivity index (χ0n) is 10.9. The van der Waals surface area contributed by atoms with E-state index < -0.39 is 5.82 Å². The van der Waals surface area contributed by atoms with Gasteiger partial charge in [-0.1, -0.05) is 12.1 Å². The van der Waals surface area contributed by atoms with E-state index in [4.69, 9.17) is 11.1 Å². The van der Waals surface area contributed by atoms with E-state index in [9.17, 15) is 4.39 Å². The summed E-state index contributed by atoms with van der Waals surface area (Å²) in [6.07, 6.45) is 0. The first-order chi connectivity index (χ1) is 9.02. The van der Waals surface area contributed by atoms with Crippen molar-refractivity contribution in [3.05, 3.63) is 52.0 Å². The molecule has 1 aromatic carbocycles. The molecule has 5 heteroatoms. The van der Waals surface area contributed by atoms with Gasteiger partial charge in [-0.3, -0.25) is 5.41 Å². The van der Waals surface area contributed by atoms with Gasteiger partial charge in [0, 0.05) is 11.9 Å². The molecular formula is C14H16FN3S. The quantitative estimate of drug-likeness (QED) is 0.665. The molecule has 100 valence electrons. The largest absolute Gasteiger partial charge is 0.384 e. The molecule has 3 nitrogen and oxygen atoms in total. The summed E-state index contributed by atoms with van der Waals surface area (Å²) in [5.41, 5.74) is 6.28.